The Morgan fingerprint density at radius 3 is 2.33 bits per heavy atom. The van der Waals surface area contributed by atoms with E-state index in [0.717, 1.165) is 24.3 Å². The molecule has 1 aliphatic rings. The molecule has 0 spiro atoms. The molecule has 2 N–H and O–H groups in total. The van der Waals surface area contributed by atoms with Crippen LogP contribution in [0.4, 0.5) is 0 Å². The lowest BCUT2D eigenvalue weighted by atomic mass is 9.72. The average molecular weight is 169 g/mol. The van der Waals surface area contributed by atoms with Crippen molar-refractivity contribution in [3.05, 3.63) is 0 Å². The van der Waals surface area contributed by atoms with E-state index in [1.807, 2.05) is 0 Å². The van der Waals surface area contributed by atoms with E-state index >= 15 is 0 Å². The summed E-state index contributed by atoms with van der Waals surface area (Å²) in [6.45, 7) is 5.54. The summed E-state index contributed by atoms with van der Waals surface area (Å²) in [5, 5.41) is 0. The summed E-state index contributed by atoms with van der Waals surface area (Å²) < 4.78 is 0. The Morgan fingerprint density at radius 2 is 1.83 bits per heavy atom. The summed E-state index contributed by atoms with van der Waals surface area (Å²) in [7, 11) is 0. The van der Waals surface area contributed by atoms with Crippen LogP contribution in [-0.4, -0.2) is 6.54 Å². The molecule has 0 aromatic rings. The van der Waals surface area contributed by atoms with Gasteiger partial charge in [-0.3, -0.25) is 0 Å². The number of rotatable bonds is 3. The highest BCUT2D eigenvalue weighted by atomic mass is 14.6. The van der Waals surface area contributed by atoms with Crippen LogP contribution in [0.1, 0.15) is 46.0 Å². The third kappa shape index (κ3) is 2.22. The van der Waals surface area contributed by atoms with E-state index in [0.29, 0.717) is 0 Å². The normalized spacial score (nSPS) is 36.8. The van der Waals surface area contributed by atoms with Crippen molar-refractivity contribution in [2.45, 2.75) is 46.0 Å². The molecule has 1 aliphatic carbocycles. The largest absolute Gasteiger partial charge is 0.330 e. The van der Waals surface area contributed by atoms with Crippen LogP contribution in [0.25, 0.3) is 0 Å². The minimum atomic E-state index is 0.831. The van der Waals surface area contributed by atoms with Gasteiger partial charge in [-0.2, -0.15) is 0 Å². The first-order valence-corrected chi connectivity index (χ1v) is 5.51. The molecular formula is C11H23N. The van der Waals surface area contributed by atoms with Crippen LogP contribution in [0, 0.1) is 17.8 Å². The van der Waals surface area contributed by atoms with Gasteiger partial charge in [-0.25, -0.2) is 0 Å². The van der Waals surface area contributed by atoms with Crippen molar-refractivity contribution >= 4 is 0 Å². The Labute approximate surface area is 76.7 Å². The second-order valence-corrected chi connectivity index (χ2v) is 4.25. The van der Waals surface area contributed by atoms with Gasteiger partial charge in [-0.15, -0.1) is 0 Å². The van der Waals surface area contributed by atoms with Crippen LogP contribution < -0.4 is 5.73 Å². The molecule has 0 saturated heterocycles. The van der Waals surface area contributed by atoms with Gasteiger partial charge in [0.05, 0.1) is 0 Å². The predicted molar refractivity (Wildman–Crippen MR) is 54.0 cm³/mol. The molecule has 1 saturated carbocycles. The minimum absolute atomic E-state index is 0.831. The SMILES string of the molecule is CCC1CCC(CN)C(CC)C1. The number of hydrogen-bond acceptors (Lipinski definition) is 1. The summed E-state index contributed by atoms with van der Waals surface area (Å²) in [5.41, 5.74) is 5.76. The summed E-state index contributed by atoms with van der Waals surface area (Å²) in [5.74, 6) is 2.75. The second-order valence-electron chi connectivity index (χ2n) is 4.25. The van der Waals surface area contributed by atoms with E-state index in [9.17, 15) is 0 Å². The smallest absolute Gasteiger partial charge is 0.00462 e. The Balaban J connectivity index is 2.41. The maximum atomic E-state index is 5.76. The highest BCUT2D eigenvalue weighted by Gasteiger charge is 2.27. The summed E-state index contributed by atoms with van der Waals surface area (Å²) in [4.78, 5) is 0. The molecule has 0 amide bonds. The first kappa shape index (κ1) is 10.0. The second kappa shape index (κ2) is 4.86. The lowest BCUT2D eigenvalue weighted by Crippen LogP contribution is -2.29. The van der Waals surface area contributed by atoms with E-state index in [2.05, 4.69) is 13.8 Å². The number of nitrogens with two attached hydrogens (primary N) is 1. The third-order valence-electron chi connectivity index (χ3n) is 3.65. The standard InChI is InChI=1S/C11H23N/c1-3-9-5-6-11(8-12)10(4-2)7-9/h9-11H,3-8,12H2,1-2H3. The molecule has 1 nitrogen and oxygen atoms in total. The zero-order valence-corrected chi connectivity index (χ0v) is 8.55. The predicted octanol–water partition coefficient (Wildman–Crippen LogP) is 2.80. The van der Waals surface area contributed by atoms with Gasteiger partial charge in [0.25, 0.3) is 0 Å². The summed E-state index contributed by atoms with van der Waals surface area (Å²) in [6.07, 6.45) is 6.95. The topological polar surface area (TPSA) is 26.0 Å². The van der Waals surface area contributed by atoms with Crippen LogP contribution in [0.3, 0.4) is 0 Å². The molecule has 0 aromatic carbocycles. The van der Waals surface area contributed by atoms with Gasteiger partial charge >= 0.3 is 0 Å². The molecule has 0 bridgehead atoms. The minimum Gasteiger partial charge on any atom is -0.330 e. The Hall–Kier alpha value is -0.0400. The van der Waals surface area contributed by atoms with Crippen LogP contribution >= 0.6 is 0 Å². The molecule has 0 aliphatic heterocycles. The van der Waals surface area contributed by atoms with Crippen molar-refractivity contribution in [2.75, 3.05) is 6.54 Å². The highest BCUT2D eigenvalue weighted by molar-refractivity contribution is 4.79. The summed E-state index contributed by atoms with van der Waals surface area (Å²) >= 11 is 0. The van der Waals surface area contributed by atoms with E-state index in [-0.39, 0.29) is 0 Å². The zero-order chi connectivity index (χ0) is 8.97. The van der Waals surface area contributed by atoms with Crippen molar-refractivity contribution in [1.29, 1.82) is 0 Å². The van der Waals surface area contributed by atoms with Gasteiger partial charge in [-0.1, -0.05) is 33.1 Å². The molecule has 3 unspecified atom stereocenters. The zero-order valence-electron chi connectivity index (χ0n) is 8.55. The fraction of sp³-hybridized carbons (Fsp3) is 1.00. The number of hydrogen-bond donors (Lipinski definition) is 1. The molecule has 0 aromatic heterocycles. The first-order valence-electron chi connectivity index (χ1n) is 5.51. The van der Waals surface area contributed by atoms with Crippen LogP contribution in [0.2, 0.25) is 0 Å². The fourth-order valence-corrected chi connectivity index (χ4v) is 2.61. The van der Waals surface area contributed by atoms with Gasteiger partial charge in [0.2, 0.25) is 0 Å². The average Bonchev–Trinajstić information content (AvgIpc) is 2.16. The van der Waals surface area contributed by atoms with E-state index < -0.39 is 0 Å². The third-order valence-corrected chi connectivity index (χ3v) is 3.65. The molecule has 12 heavy (non-hydrogen) atoms. The van der Waals surface area contributed by atoms with Crippen molar-refractivity contribution in [3.63, 3.8) is 0 Å². The maximum Gasteiger partial charge on any atom is -0.00462 e. The van der Waals surface area contributed by atoms with Gasteiger partial charge in [0.15, 0.2) is 0 Å². The van der Waals surface area contributed by atoms with Crippen molar-refractivity contribution in [2.24, 2.45) is 23.5 Å². The van der Waals surface area contributed by atoms with Crippen molar-refractivity contribution < 1.29 is 0 Å². The van der Waals surface area contributed by atoms with Crippen LogP contribution in [0.15, 0.2) is 0 Å². The van der Waals surface area contributed by atoms with Crippen LogP contribution in [-0.2, 0) is 0 Å². The Bertz CT molecular complexity index is 122. The molecular weight excluding hydrogens is 146 g/mol. The van der Waals surface area contributed by atoms with Gasteiger partial charge < -0.3 is 5.73 Å². The quantitative estimate of drug-likeness (QED) is 0.690. The molecule has 72 valence electrons. The molecule has 1 fully saturated rings. The van der Waals surface area contributed by atoms with Crippen molar-refractivity contribution in [1.82, 2.24) is 0 Å². The maximum absolute atomic E-state index is 5.76. The van der Waals surface area contributed by atoms with E-state index in [4.69, 9.17) is 5.73 Å². The van der Waals surface area contributed by atoms with Crippen molar-refractivity contribution in [3.8, 4) is 0 Å². The molecule has 1 heteroatoms. The molecule has 1 rings (SSSR count). The fourth-order valence-electron chi connectivity index (χ4n) is 2.61. The monoisotopic (exact) mass is 169 g/mol. The van der Waals surface area contributed by atoms with Gasteiger partial charge in [-0.05, 0) is 37.1 Å². The first-order chi connectivity index (χ1) is 5.81. The molecule has 3 atom stereocenters. The van der Waals surface area contributed by atoms with E-state index in [1.54, 1.807) is 0 Å². The van der Waals surface area contributed by atoms with Gasteiger partial charge in [0.1, 0.15) is 0 Å². The highest BCUT2D eigenvalue weighted by Crippen LogP contribution is 2.36. The Kier molecular flexibility index (Phi) is 4.07. The summed E-state index contributed by atoms with van der Waals surface area (Å²) in [6, 6.07) is 0. The lowest BCUT2D eigenvalue weighted by molar-refractivity contribution is 0.176. The molecule has 0 heterocycles. The van der Waals surface area contributed by atoms with Crippen LogP contribution in [0.5, 0.6) is 0 Å². The lowest BCUT2D eigenvalue weighted by Gasteiger charge is -2.34. The Morgan fingerprint density at radius 1 is 1.08 bits per heavy atom. The van der Waals surface area contributed by atoms with E-state index in [1.165, 1.54) is 32.1 Å². The molecule has 0 radical (unpaired) electrons. The van der Waals surface area contributed by atoms with Gasteiger partial charge in [0, 0.05) is 0 Å².